The van der Waals surface area contributed by atoms with Gasteiger partial charge in [0, 0.05) is 26.1 Å². The molecule has 0 spiro atoms. The van der Waals surface area contributed by atoms with Crippen molar-refractivity contribution in [3.63, 3.8) is 0 Å². The van der Waals surface area contributed by atoms with Crippen LogP contribution in [-0.4, -0.2) is 54.4 Å². The maximum atomic E-state index is 11.1. The number of aliphatic hydroxyl groups is 1. The van der Waals surface area contributed by atoms with E-state index >= 15 is 0 Å². The molecule has 0 radical (unpaired) electrons. The first-order valence-electron chi connectivity index (χ1n) is 4.93. The predicted octanol–water partition coefficient (Wildman–Crippen LogP) is -0.211. The molecule has 0 bridgehead atoms. The summed E-state index contributed by atoms with van der Waals surface area (Å²) in [5.41, 5.74) is -1.65. The molecule has 1 fully saturated rings. The summed E-state index contributed by atoms with van der Waals surface area (Å²) in [4.78, 5) is 10.6. The van der Waals surface area contributed by atoms with Crippen LogP contribution in [0.5, 0.6) is 0 Å². The fourth-order valence-corrected chi connectivity index (χ4v) is 2.10. The van der Waals surface area contributed by atoms with Crippen LogP contribution >= 0.6 is 0 Å². The number of rotatable bonds is 3. The lowest BCUT2D eigenvalue weighted by molar-refractivity contribution is -0.609. The van der Waals surface area contributed by atoms with Crippen molar-refractivity contribution in [2.75, 3.05) is 14.2 Å². The second-order valence-corrected chi connectivity index (χ2v) is 4.03. The van der Waals surface area contributed by atoms with E-state index in [0.717, 1.165) is 0 Å². The van der Waals surface area contributed by atoms with Gasteiger partial charge in [-0.05, 0) is 6.92 Å². The molecule has 5 atom stereocenters. The van der Waals surface area contributed by atoms with Gasteiger partial charge in [-0.25, -0.2) is 0 Å². The van der Waals surface area contributed by atoms with Crippen LogP contribution in [0.15, 0.2) is 0 Å². The predicted molar refractivity (Wildman–Crippen MR) is 53.5 cm³/mol. The average Bonchev–Trinajstić information content (AvgIpc) is 2.23. The first kappa shape index (κ1) is 13.3. The van der Waals surface area contributed by atoms with Crippen LogP contribution in [-0.2, 0) is 14.2 Å². The third-order valence-electron chi connectivity index (χ3n) is 3.09. The van der Waals surface area contributed by atoms with Crippen LogP contribution in [0.25, 0.3) is 0 Å². The lowest BCUT2D eigenvalue weighted by atomic mass is 9.83. The molecule has 7 heteroatoms. The summed E-state index contributed by atoms with van der Waals surface area (Å²) in [6.45, 7) is 2.98. The Morgan fingerprint density at radius 1 is 1.44 bits per heavy atom. The molecular weight excluding hydrogens is 218 g/mol. The van der Waals surface area contributed by atoms with Crippen molar-refractivity contribution >= 4 is 0 Å². The second-order valence-electron chi connectivity index (χ2n) is 4.03. The van der Waals surface area contributed by atoms with Gasteiger partial charge in [-0.1, -0.05) is 0 Å². The molecular formula is C9H17NO6. The van der Waals surface area contributed by atoms with E-state index < -0.39 is 35.1 Å². The quantitative estimate of drug-likeness (QED) is 0.537. The number of hydrogen-bond donors (Lipinski definition) is 1. The van der Waals surface area contributed by atoms with Gasteiger partial charge >= 0.3 is 0 Å². The Bertz CT molecular complexity index is 273. The van der Waals surface area contributed by atoms with Crippen molar-refractivity contribution in [1.29, 1.82) is 0 Å². The lowest BCUT2D eigenvalue weighted by Gasteiger charge is -2.43. The number of methoxy groups -OCH3 is 2. The van der Waals surface area contributed by atoms with E-state index in [-0.39, 0.29) is 0 Å². The molecule has 1 aliphatic rings. The van der Waals surface area contributed by atoms with Gasteiger partial charge in [0.1, 0.15) is 0 Å². The van der Waals surface area contributed by atoms with E-state index in [9.17, 15) is 15.2 Å². The maximum Gasteiger partial charge on any atom is 0.277 e. The molecule has 0 aromatic heterocycles. The van der Waals surface area contributed by atoms with Crippen LogP contribution in [0.2, 0.25) is 0 Å². The molecule has 1 aliphatic heterocycles. The van der Waals surface area contributed by atoms with E-state index in [0.29, 0.717) is 0 Å². The van der Waals surface area contributed by atoms with E-state index in [4.69, 9.17) is 14.2 Å². The maximum absolute atomic E-state index is 11.1. The van der Waals surface area contributed by atoms with Crippen molar-refractivity contribution in [3.05, 3.63) is 10.1 Å². The minimum Gasteiger partial charge on any atom is -0.381 e. The molecule has 0 aromatic rings. The molecule has 0 unspecified atom stereocenters. The number of hydrogen-bond acceptors (Lipinski definition) is 6. The average molecular weight is 235 g/mol. The fraction of sp³-hybridized carbons (Fsp3) is 1.00. The summed E-state index contributed by atoms with van der Waals surface area (Å²) < 4.78 is 15.2. The summed E-state index contributed by atoms with van der Waals surface area (Å²) in [5.74, 6) is 0. The van der Waals surface area contributed by atoms with E-state index in [1.54, 1.807) is 6.92 Å². The summed E-state index contributed by atoms with van der Waals surface area (Å²) in [7, 11) is 2.68. The molecule has 16 heavy (non-hydrogen) atoms. The highest BCUT2D eigenvalue weighted by Gasteiger charge is 2.62. The van der Waals surface area contributed by atoms with Crippen LogP contribution in [0, 0.1) is 10.1 Å². The first-order chi connectivity index (χ1) is 7.39. The zero-order chi connectivity index (χ0) is 12.5. The summed E-state index contributed by atoms with van der Waals surface area (Å²) in [6.07, 6.45) is -3.76. The Labute approximate surface area is 93.4 Å². The van der Waals surface area contributed by atoms with Crippen LogP contribution in [0.3, 0.4) is 0 Å². The van der Waals surface area contributed by atoms with Crippen molar-refractivity contribution < 1.29 is 24.2 Å². The van der Waals surface area contributed by atoms with E-state index in [1.807, 2.05) is 0 Å². The Morgan fingerprint density at radius 2 is 2.00 bits per heavy atom. The highest BCUT2D eigenvalue weighted by atomic mass is 16.7. The van der Waals surface area contributed by atoms with Crippen molar-refractivity contribution in [3.8, 4) is 0 Å². The van der Waals surface area contributed by atoms with Crippen LogP contribution < -0.4 is 0 Å². The Balaban J connectivity index is 3.09. The molecule has 0 aromatic carbocycles. The molecule has 1 saturated heterocycles. The van der Waals surface area contributed by atoms with Gasteiger partial charge in [-0.2, -0.15) is 0 Å². The largest absolute Gasteiger partial charge is 0.381 e. The Morgan fingerprint density at radius 3 is 2.38 bits per heavy atom. The topological polar surface area (TPSA) is 91.1 Å². The molecule has 1 N–H and O–H groups in total. The van der Waals surface area contributed by atoms with Crippen LogP contribution in [0.1, 0.15) is 13.8 Å². The van der Waals surface area contributed by atoms with Crippen molar-refractivity contribution in [2.45, 2.75) is 44.0 Å². The number of nitro groups is 1. The standard InChI is InChI=1S/C9H17NO6/c1-5-7(14-3)9(2,10(12)13)6(11)8(15-4)16-5/h5-8,11H,1-4H3/t5-,6-,7-,8+,9-/m0/s1. The normalized spacial score (nSPS) is 44.3. The second kappa shape index (κ2) is 4.62. The van der Waals surface area contributed by atoms with Crippen molar-refractivity contribution in [2.24, 2.45) is 0 Å². The lowest BCUT2D eigenvalue weighted by Crippen LogP contribution is -2.68. The van der Waals surface area contributed by atoms with Crippen molar-refractivity contribution in [1.82, 2.24) is 0 Å². The smallest absolute Gasteiger partial charge is 0.277 e. The van der Waals surface area contributed by atoms with Gasteiger partial charge in [0.05, 0.1) is 6.10 Å². The highest BCUT2D eigenvalue weighted by Crippen LogP contribution is 2.34. The Hall–Kier alpha value is -0.760. The summed E-state index contributed by atoms with van der Waals surface area (Å²) in [6, 6.07) is 0. The zero-order valence-electron chi connectivity index (χ0n) is 9.75. The minimum atomic E-state index is -1.65. The van der Waals surface area contributed by atoms with E-state index in [1.165, 1.54) is 21.1 Å². The summed E-state index contributed by atoms with van der Waals surface area (Å²) in [5, 5.41) is 21.0. The molecule has 0 saturated carbocycles. The molecule has 1 heterocycles. The number of nitrogens with zero attached hydrogens (tertiary/aromatic N) is 1. The van der Waals surface area contributed by atoms with Crippen LogP contribution in [0.4, 0.5) is 0 Å². The van der Waals surface area contributed by atoms with Gasteiger partial charge in [0.15, 0.2) is 18.5 Å². The highest BCUT2D eigenvalue weighted by molar-refractivity contribution is 4.99. The van der Waals surface area contributed by atoms with Gasteiger partial charge in [0.2, 0.25) is 0 Å². The zero-order valence-corrected chi connectivity index (χ0v) is 9.75. The van der Waals surface area contributed by atoms with Gasteiger partial charge < -0.3 is 19.3 Å². The first-order valence-corrected chi connectivity index (χ1v) is 4.93. The molecule has 0 amide bonds. The Kier molecular flexibility index (Phi) is 3.84. The monoisotopic (exact) mass is 235 g/mol. The van der Waals surface area contributed by atoms with Gasteiger partial charge in [0.25, 0.3) is 5.54 Å². The molecule has 1 rings (SSSR count). The third kappa shape index (κ3) is 1.80. The van der Waals surface area contributed by atoms with Gasteiger partial charge in [-0.15, -0.1) is 0 Å². The van der Waals surface area contributed by atoms with E-state index in [2.05, 4.69) is 0 Å². The number of ether oxygens (including phenoxy) is 3. The fourth-order valence-electron chi connectivity index (χ4n) is 2.10. The minimum absolute atomic E-state index is 0.534. The molecule has 0 aliphatic carbocycles. The SMILES string of the molecule is CO[C@@H]1O[C@@H](C)[C@H](OC)[C@@](C)([N+](=O)[O-])[C@H]1O. The third-order valence-corrected chi connectivity index (χ3v) is 3.09. The number of aliphatic hydroxyl groups excluding tert-OH is 1. The summed E-state index contributed by atoms with van der Waals surface area (Å²) >= 11 is 0. The molecule has 7 nitrogen and oxygen atoms in total. The van der Waals surface area contributed by atoms with Gasteiger partial charge in [-0.3, -0.25) is 10.1 Å². The molecule has 94 valence electrons.